The second-order valence-electron chi connectivity index (χ2n) is 6.24. The van der Waals surface area contributed by atoms with Gasteiger partial charge in [0.05, 0.1) is 22.9 Å². The van der Waals surface area contributed by atoms with Gasteiger partial charge >= 0.3 is 10.1 Å². The molecular weight excluding hydrogens is 416 g/mol. The monoisotopic (exact) mass is 432 g/mol. The third-order valence-corrected chi connectivity index (χ3v) is 5.04. The lowest BCUT2D eigenvalue weighted by atomic mass is 10.0. The molecule has 0 aliphatic rings. The lowest BCUT2D eigenvalue weighted by Gasteiger charge is -2.11. The SMILES string of the molecule is CC(C)Oc1ccc(S(=O)(=O)Oc2ncc(Cl)cc2C(=O)c2ccccc2)cn1. The van der Waals surface area contributed by atoms with Gasteiger partial charge in [-0.15, -0.1) is 0 Å². The van der Waals surface area contributed by atoms with Crippen LogP contribution in [0, 0.1) is 0 Å². The van der Waals surface area contributed by atoms with E-state index in [-0.39, 0.29) is 33.3 Å². The number of rotatable bonds is 7. The van der Waals surface area contributed by atoms with Gasteiger partial charge in [-0.3, -0.25) is 4.79 Å². The third kappa shape index (κ3) is 5.10. The molecule has 0 radical (unpaired) electrons. The Labute approximate surface area is 173 Å². The van der Waals surface area contributed by atoms with Crippen molar-refractivity contribution >= 4 is 27.5 Å². The normalized spacial score (nSPS) is 11.3. The number of carbonyl (C=O) groups is 1. The van der Waals surface area contributed by atoms with Gasteiger partial charge in [0, 0.05) is 17.8 Å². The van der Waals surface area contributed by atoms with Gasteiger partial charge in [-0.2, -0.15) is 8.42 Å². The van der Waals surface area contributed by atoms with E-state index in [1.165, 1.54) is 24.4 Å². The molecule has 0 aliphatic heterocycles. The molecule has 29 heavy (non-hydrogen) atoms. The van der Waals surface area contributed by atoms with Gasteiger partial charge in [0.2, 0.25) is 11.8 Å². The predicted molar refractivity (Wildman–Crippen MR) is 107 cm³/mol. The van der Waals surface area contributed by atoms with Crippen molar-refractivity contribution in [2.75, 3.05) is 0 Å². The van der Waals surface area contributed by atoms with Crippen LogP contribution >= 0.6 is 11.6 Å². The van der Waals surface area contributed by atoms with Gasteiger partial charge in [-0.25, -0.2) is 9.97 Å². The highest BCUT2D eigenvalue weighted by atomic mass is 35.5. The minimum Gasteiger partial charge on any atom is -0.475 e. The summed E-state index contributed by atoms with van der Waals surface area (Å²) in [6.45, 7) is 3.65. The van der Waals surface area contributed by atoms with Crippen LogP contribution < -0.4 is 8.92 Å². The molecule has 0 atom stereocenters. The molecule has 0 saturated carbocycles. The van der Waals surface area contributed by atoms with Crippen molar-refractivity contribution in [3.63, 3.8) is 0 Å². The van der Waals surface area contributed by atoms with Crippen molar-refractivity contribution in [3.8, 4) is 11.8 Å². The van der Waals surface area contributed by atoms with Crippen LogP contribution in [0.25, 0.3) is 0 Å². The summed E-state index contributed by atoms with van der Waals surface area (Å²) in [5.74, 6) is -0.557. The molecule has 0 spiro atoms. The Kier molecular flexibility index (Phi) is 6.14. The Hall–Kier alpha value is -2.97. The molecule has 2 aromatic heterocycles. The summed E-state index contributed by atoms with van der Waals surface area (Å²) in [5, 5.41) is 0.172. The van der Waals surface area contributed by atoms with Crippen LogP contribution in [0.4, 0.5) is 0 Å². The molecule has 9 heteroatoms. The average Bonchev–Trinajstić information content (AvgIpc) is 2.69. The Morgan fingerprint density at radius 3 is 2.38 bits per heavy atom. The minimum absolute atomic E-state index is 0.0694. The maximum Gasteiger partial charge on any atom is 0.342 e. The highest BCUT2D eigenvalue weighted by Crippen LogP contribution is 2.26. The van der Waals surface area contributed by atoms with Crippen LogP contribution in [0.15, 0.2) is 65.8 Å². The molecule has 2 heterocycles. The van der Waals surface area contributed by atoms with Crippen molar-refractivity contribution in [1.82, 2.24) is 9.97 Å². The second kappa shape index (κ2) is 8.59. The van der Waals surface area contributed by atoms with Crippen molar-refractivity contribution in [2.45, 2.75) is 24.8 Å². The first kappa shape index (κ1) is 20.8. The van der Waals surface area contributed by atoms with Crippen molar-refractivity contribution in [3.05, 3.63) is 77.1 Å². The fourth-order valence-corrected chi connectivity index (χ4v) is 3.39. The Morgan fingerprint density at radius 2 is 1.76 bits per heavy atom. The van der Waals surface area contributed by atoms with Crippen molar-refractivity contribution in [1.29, 1.82) is 0 Å². The number of carbonyl (C=O) groups excluding carboxylic acids is 1. The van der Waals surface area contributed by atoms with E-state index in [0.717, 1.165) is 6.20 Å². The number of ether oxygens (including phenoxy) is 1. The molecule has 0 amide bonds. The highest BCUT2D eigenvalue weighted by molar-refractivity contribution is 7.87. The molecule has 0 unspecified atom stereocenters. The number of pyridine rings is 2. The van der Waals surface area contributed by atoms with Crippen LogP contribution in [-0.2, 0) is 10.1 Å². The van der Waals surface area contributed by atoms with E-state index in [1.807, 2.05) is 13.8 Å². The molecule has 0 aliphatic carbocycles. The predicted octanol–water partition coefficient (Wildman–Crippen LogP) is 3.92. The Balaban J connectivity index is 1.92. The fraction of sp³-hybridized carbons (Fsp3) is 0.150. The summed E-state index contributed by atoms with van der Waals surface area (Å²) in [6.07, 6.45) is 2.21. The van der Waals surface area contributed by atoms with Gasteiger partial charge in [0.15, 0.2) is 5.78 Å². The molecular formula is C20H17ClN2O5S. The lowest BCUT2D eigenvalue weighted by Crippen LogP contribution is -2.15. The molecule has 0 fully saturated rings. The number of aromatic nitrogens is 2. The zero-order chi connectivity index (χ0) is 21.0. The van der Waals surface area contributed by atoms with E-state index in [4.69, 9.17) is 20.5 Å². The van der Waals surface area contributed by atoms with Gasteiger partial charge in [0.1, 0.15) is 4.90 Å². The van der Waals surface area contributed by atoms with Crippen LogP contribution in [0.3, 0.4) is 0 Å². The maximum atomic E-state index is 12.8. The smallest absolute Gasteiger partial charge is 0.342 e. The van der Waals surface area contributed by atoms with Gasteiger partial charge in [0.25, 0.3) is 0 Å². The van der Waals surface area contributed by atoms with Crippen molar-refractivity contribution in [2.24, 2.45) is 0 Å². The largest absolute Gasteiger partial charge is 0.475 e. The van der Waals surface area contributed by atoms with Crippen LogP contribution in [0.1, 0.15) is 29.8 Å². The zero-order valence-electron chi connectivity index (χ0n) is 15.6. The molecule has 0 N–H and O–H groups in total. The summed E-state index contributed by atoms with van der Waals surface area (Å²) in [6, 6.07) is 12.4. The maximum absolute atomic E-state index is 12.8. The summed E-state index contributed by atoms with van der Waals surface area (Å²) in [7, 11) is -4.29. The van der Waals surface area contributed by atoms with Gasteiger partial charge in [-0.1, -0.05) is 41.9 Å². The zero-order valence-corrected chi connectivity index (χ0v) is 17.1. The Bertz CT molecular complexity index is 1120. The first-order valence-electron chi connectivity index (χ1n) is 8.59. The minimum atomic E-state index is -4.29. The fourth-order valence-electron chi connectivity index (χ4n) is 2.38. The molecule has 3 rings (SSSR count). The quantitative estimate of drug-likeness (QED) is 0.412. The van der Waals surface area contributed by atoms with Gasteiger partial charge < -0.3 is 8.92 Å². The topological polar surface area (TPSA) is 95.5 Å². The number of hydrogen-bond acceptors (Lipinski definition) is 7. The van der Waals surface area contributed by atoms with E-state index in [9.17, 15) is 13.2 Å². The average molecular weight is 433 g/mol. The number of halogens is 1. The summed E-state index contributed by atoms with van der Waals surface area (Å²) >= 11 is 5.95. The number of benzene rings is 1. The van der Waals surface area contributed by atoms with Crippen LogP contribution in [0.5, 0.6) is 11.8 Å². The molecule has 150 valence electrons. The standard InChI is InChI=1S/C20H17ClN2O5S/c1-13(2)27-18-9-8-16(12-22-18)29(25,26)28-20-17(10-15(21)11-23-20)19(24)14-6-4-3-5-7-14/h3-13H,1-2H3. The van der Waals surface area contributed by atoms with E-state index in [2.05, 4.69) is 9.97 Å². The van der Waals surface area contributed by atoms with E-state index < -0.39 is 15.9 Å². The molecule has 7 nitrogen and oxygen atoms in total. The van der Waals surface area contributed by atoms with Crippen LogP contribution in [-0.4, -0.2) is 30.3 Å². The third-order valence-electron chi connectivity index (χ3n) is 3.64. The number of hydrogen-bond donors (Lipinski definition) is 0. The van der Waals surface area contributed by atoms with Crippen molar-refractivity contribution < 1.29 is 22.1 Å². The molecule has 3 aromatic rings. The first-order chi connectivity index (χ1) is 13.8. The summed E-state index contributed by atoms with van der Waals surface area (Å²) < 4.78 is 35.8. The summed E-state index contributed by atoms with van der Waals surface area (Å²) in [4.78, 5) is 20.4. The highest BCUT2D eigenvalue weighted by Gasteiger charge is 2.24. The summed E-state index contributed by atoms with van der Waals surface area (Å²) in [5.41, 5.74) is 0.274. The van der Waals surface area contributed by atoms with E-state index in [0.29, 0.717) is 5.56 Å². The van der Waals surface area contributed by atoms with Gasteiger partial charge in [-0.05, 0) is 26.0 Å². The molecule has 0 saturated heterocycles. The first-order valence-corrected chi connectivity index (χ1v) is 10.4. The number of nitrogens with zero attached hydrogens (tertiary/aromatic N) is 2. The van der Waals surface area contributed by atoms with Crippen LogP contribution in [0.2, 0.25) is 5.02 Å². The number of ketones is 1. The molecule has 0 bridgehead atoms. The second-order valence-corrected chi connectivity index (χ2v) is 8.22. The lowest BCUT2D eigenvalue weighted by molar-refractivity contribution is 0.103. The molecule has 1 aromatic carbocycles. The van der Waals surface area contributed by atoms with E-state index in [1.54, 1.807) is 30.3 Å². The van der Waals surface area contributed by atoms with E-state index >= 15 is 0 Å². The Morgan fingerprint density at radius 1 is 1.03 bits per heavy atom.